The number of carbonyl (C=O) groups excluding carboxylic acids is 1. The van der Waals surface area contributed by atoms with E-state index in [0.29, 0.717) is 12.3 Å². The first-order chi connectivity index (χ1) is 9.56. The van der Waals surface area contributed by atoms with Gasteiger partial charge in [0.15, 0.2) is 0 Å². The first kappa shape index (κ1) is 14.5. The van der Waals surface area contributed by atoms with E-state index in [9.17, 15) is 14.0 Å². The van der Waals surface area contributed by atoms with Crippen molar-refractivity contribution in [2.75, 3.05) is 5.32 Å². The van der Waals surface area contributed by atoms with E-state index in [1.807, 2.05) is 0 Å². The highest BCUT2D eigenvalue weighted by Crippen LogP contribution is 2.28. The molecule has 1 aliphatic carbocycles. The van der Waals surface area contributed by atoms with Crippen molar-refractivity contribution >= 4 is 17.6 Å². The maximum atomic E-state index is 13.6. The topological polar surface area (TPSA) is 66.4 Å². The van der Waals surface area contributed by atoms with Gasteiger partial charge in [0.05, 0.1) is 11.3 Å². The molecule has 5 heteroatoms. The normalized spacial score (nSPS) is 15.2. The number of nitrogens with one attached hydrogen (secondary N) is 1. The van der Waals surface area contributed by atoms with Crippen LogP contribution in [0.25, 0.3) is 0 Å². The quantitative estimate of drug-likeness (QED) is 0.867. The summed E-state index contributed by atoms with van der Waals surface area (Å²) < 4.78 is 13.6. The SMILES string of the molecule is O=C(CCC1CCCC1)Nc1ccc(C(=O)O)cc1F. The second-order valence-corrected chi connectivity index (χ2v) is 5.24. The summed E-state index contributed by atoms with van der Waals surface area (Å²) in [5.41, 5.74) is -0.0992. The van der Waals surface area contributed by atoms with Crippen LogP contribution in [0.5, 0.6) is 0 Å². The van der Waals surface area contributed by atoms with Crippen LogP contribution in [0.2, 0.25) is 0 Å². The van der Waals surface area contributed by atoms with Crippen LogP contribution in [0.1, 0.15) is 48.9 Å². The molecule has 4 nitrogen and oxygen atoms in total. The fourth-order valence-corrected chi connectivity index (χ4v) is 2.60. The average Bonchev–Trinajstić information content (AvgIpc) is 2.91. The molecule has 1 amide bonds. The number of carboxylic acid groups (broad SMARTS) is 1. The summed E-state index contributed by atoms with van der Waals surface area (Å²) >= 11 is 0. The molecule has 0 bridgehead atoms. The van der Waals surface area contributed by atoms with Gasteiger partial charge in [0, 0.05) is 6.42 Å². The number of carboxylic acids is 1. The zero-order valence-corrected chi connectivity index (χ0v) is 11.2. The van der Waals surface area contributed by atoms with Gasteiger partial charge in [-0.05, 0) is 30.5 Å². The third-order valence-corrected chi connectivity index (χ3v) is 3.74. The van der Waals surface area contributed by atoms with Crippen molar-refractivity contribution in [3.8, 4) is 0 Å². The minimum atomic E-state index is -1.19. The van der Waals surface area contributed by atoms with Crippen LogP contribution < -0.4 is 5.32 Å². The molecule has 0 heterocycles. The van der Waals surface area contributed by atoms with Crippen LogP contribution in [-0.4, -0.2) is 17.0 Å². The highest BCUT2D eigenvalue weighted by atomic mass is 19.1. The minimum Gasteiger partial charge on any atom is -0.478 e. The lowest BCUT2D eigenvalue weighted by atomic mass is 10.0. The molecule has 0 unspecified atom stereocenters. The molecule has 0 aliphatic heterocycles. The molecule has 2 N–H and O–H groups in total. The van der Waals surface area contributed by atoms with Gasteiger partial charge in [0.25, 0.3) is 0 Å². The number of anilines is 1. The number of rotatable bonds is 5. The Morgan fingerprint density at radius 1 is 1.30 bits per heavy atom. The summed E-state index contributed by atoms with van der Waals surface area (Å²) in [4.78, 5) is 22.4. The number of halogens is 1. The summed E-state index contributed by atoms with van der Waals surface area (Å²) in [6, 6.07) is 3.47. The summed E-state index contributed by atoms with van der Waals surface area (Å²) in [6.45, 7) is 0. The number of hydrogen-bond donors (Lipinski definition) is 2. The molecule has 1 aromatic rings. The summed E-state index contributed by atoms with van der Waals surface area (Å²) in [5, 5.41) is 11.2. The van der Waals surface area contributed by atoms with E-state index in [1.54, 1.807) is 0 Å². The second-order valence-electron chi connectivity index (χ2n) is 5.24. The van der Waals surface area contributed by atoms with Crippen molar-refractivity contribution in [3.05, 3.63) is 29.6 Å². The maximum absolute atomic E-state index is 13.6. The first-order valence-electron chi connectivity index (χ1n) is 6.89. The summed E-state index contributed by atoms with van der Waals surface area (Å²) in [7, 11) is 0. The monoisotopic (exact) mass is 279 g/mol. The predicted octanol–water partition coefficient (Wildman–Crippen LogP) is 3.43. The fraction of sp³-hybridized carbons (Fsp3) is 0.467. The lowest BCUT2D eigenvalue weighted by Gasteiger charge is -2.10. The molecule has 1 saturated carbocycles. The predicted molar refractivity (Wildman–Crippen MR) is 73.2 cm³/mol. The van der Waals surface area contributed by atoms with Crippen LogP contribution in [-0.2, 0) is 4.79 Å². The van der Waals surface area contributed by atoms with E-state index in [0.717, 1.165) is 12.5 Å². The van der Waals surface area contributed by atoms with E-state index in [2.05, 4.69) is 5.32 Å². The largest absolute Gasteiger partial charge is 0.478 e. The van der Waals surface area contributed by atoms with E-state index < -0.39 is 11.8 Å². The van der Waals surface area contributed by atoms with Gasteiger partial charge in [-0.25, -0.2) is 9.18 Å². The zero-order valence-electron chi connectivity index (χ0n) is 11.2. The number of hydrogen-bond acceptors (Lipinski definition) is 2. The number of aromatic carboxylic acids is 1. The molecule has 108 valence electrons. The lowest BCUT2D eigenvalue weighted by molar-refractivity contribution is -0.116. The van der Waals surface area contributed by atoms with Gasteiger partial charge in [-0.15, -0.1) is 0 Å². The van der Waals surface area contributed by atoms with Crippen LogP contribution in [0.3, 0.4) is 0 Å². The van der Waals surface area contributed by atoms with Gasteiger partial charge in [0.2, 0.25) is 5.91 Å². The lowest BCUT2D eigenvalue weighted by Crippen LogP contribution is -2.14. The van der Waals surface area contributed by atoms with Crippen LogP contribution in [0.15, 0.2) is 18.2 Å². The standard InChI is InChI=1S/C15H18FNO3/c16-12-9-11(15(19)20)6-7-13(12)17-14(18)8-5-10-3-1-2-4-10/h6-7,9-10H,1-5,8H2,(H,17,18)(H,19,20). The van der Waals surface area contributed by atoms with Crippen molar-refractivity contribution in [1.82, 2.24) is 0 Å². The molecule has 0 aromatic heterocycles. The van der Waals surface area contributed by atoms with E-state index in [-0.39, 0.29) is 17.2 Å². The van der Waals surface area contributed by atoms with Crippen LogP contribution in [0, 0.1) is 11.7 Å². The molecule has 1 fully saturated rings. The van der Waals surface area contributed by atoms with Gasteiger partial charge >= 0.3 is 5.97 Å². The number of carbonyl (C=O) groups is 2. The maximum Gasteiger partial charge on any atom is 0.335 e. The van der Waals surface area contributed by atoms with Gasteiger partial charge < -0.3 is 10.4 Å². The summed E-state index contributed by atoms with van der Waals surface area (Å²) in [6.07, 6.45) is 6.03. The molecule has 20 heavy (non-hydrogen) atoms. The zero-order chi connectivity index (χ0) is 14.5. The Morgan fingerprint density at radius 3 is 2.60 bits per heavy atom. The van der Waals surface area contributed by atoms with Gasteiger partial charge in [-0.2, -0.15) is 0 Å². The highest BCUT2D eigenvalue weighted by molar-refractivity contribution is 5.92. The highest BCUT2D eigenvalue weighted by Gasteiger charge is 2.17. The van der Waals surface area contributed by atoms with Crippen molar-refractivity contribution in [1.29, 1.82) is 0 Å². The van der Waals surface area contributed by atoms with Gasteiger partial charge in [-0.1, -0.05) is 25.7 Å². The summed E-state index contributed by atoms with van der Waals surface area (Å²) in [5.74, 6) is -1.53. The number of amides is 1. The Kier molecular flexibility index (Phi) is 4.71. The van der Waals surface area contributed by atoms with Crippen molar-refractivity contribution in [2.24, 2.45) is 5.92 Å². The Bertz CT molecular complexity index is 510. The van der Waals surface area contributed by atoms with Crippen LogP contribution >= 0.6 is 0 Å². The van der Waals surface area contributed by atoms with Gasteiger partial charge in [0.1, 0.15) is 5.82 Å². The Balaban J connectivity index is 1.88. The third-order valence-electron chi connectivity index (χ3n) is 3.74. The van der Waals surface area contributed by atoms with E-state index >= 15 is 0 Å². The Labute approximate surface area is 117 Å². The molecular weight excluding hydrogens is 261 g/mol. The molecule has 0 atom stereocenters. The molecule has 0 radical (unpaired) electrons. The van der Waals surface area contributed by atoms with Crippen LogP contribution in [0.4, 0.5) is 10.1 Å². The van der Waals surface area contributed by atoms with Crippen molar-refractivity contribution in [3.63, 3.8) is 0 Å². The third kappa shape index (κ3) is 3.79. The Morgan fingerprint density at radius 2 is 2.00 bits per heavy atom. The first-order valence-corrected chi connectivity index (χ1v) is 6.89. The van der Waals surface area contributed by atoms with Crippen molar-refractivity contribution < 1.29 is 19.1 Å². The van der Waals surface area contributed by atoms with E-state index in [1.165, 1.54) is 37.8 Å². The fourth-order valence-electron chi connectivity index (χ4n) is 2.60. The smallest absolute Gasteiger partial charge is 0.335 e. The molecule has 2 rings (SSSR count). The molecule has 0 spiro atoms. The molecule has 1 aromatic carbocycles. The molecule has 1 aliphatic rings. The van der Waals surface area contributed by atoms with Crippen molar-refractivity contribution in [2.45, 2.75) is 38.5 Å². The minimum absolute atomic E-state index is 0.0337. The second kappa shape index (κ2) is 6.50. The molecule has 0 saturated heterocycles. The molecular formula is C15H18FNO3. The average molecular weight is 279 g/mol. The Hall–Kier alpha value is -1.91. The van der Waals surface area contributed by atoms with Gasteiger partial charge in [-0.3, -0.25) is 4.79 Å². The van der Waals surface area contributed by atoms with E-state index in [4.69, 9.17) is 5.11 Å². The number of benzene rings is 1.